The molecule has 216 valence electrons. The van der Waals surface area contributed by atoms with Crippen molar-refractivity contribution in [2.75, 3.05) is 0 Å². The molecule has 8 aromatic rings. The Balaban J connectivity index is 1.30. The molecule has 5 nitrogen and oxygen atoms in total. The minimum absolute atomic E-state index is 0.104. The van der Waals surface area contributed by atoms with Gasteiger partial charge >= 0.3 is 0 Å². The maximum atomic E-state index is 6.85. The summed E-state index contributed by atoms with van der Waals surface area (Å²) in [6.07, 6.45) is 0. The molecule has 0 bridgehead atoms. The highest BCUT2D eigenvalue weighted by atomic mass is 16.3. The molecule has 2 heterocycles. The lowest BCUT2D eigenvalue weighted by Crippen LogP contribution is -2.17. The zero-order valence-electron chi connectivity index (χ0n) is 24.6. The van der Waals surface area contributed by atoms with Crippen LogP contribution in [-0.4, -0.2) is 11.7 Å². The third-order valence-corrected chi connectivity index (χ3v) is 8.35. The van der Waals surface area contributed by atoms with Crippen LogP contribution in [0.15, 0.2) is 158 Å². The van der Waals surface area contributed by atoms with E-state index < -0.39 is 0 Å². The molecule has 5 heteroatoms. The fraction of sp³-hybridized carbons (Fsp3) is 0.0500. The van der Waals surface area contributed by atoms with Crippen LogP contribution in [0, 0.1) is 0 Å². The highest BCUT2D eigenvalue weighted by Crippen LogP contribution is 2.42. The quantitative estimate of drug-likeness (QED) is 0.162. The molecule has 0 radical (unpaired) electrons. The molecule has 0 aliphatic carbocycles. The summed E-state index contributed by atoms with van der Waals surface area (Å²) in [5.74, 6) is 0.952. The Hall–Kier alpha value is -5.94. The van der Waals surface area contributed by atoms with Gasteiger partial charge in [-0.05, 0) is 36.2 Å². The normalized spacial score (nSPS) is 13.3. The van der Waals surface area contributed by atoms with Gasteiger partial charge < -0.3 is 14.6 Å². The number of amidine groups is 2. The van der Waals surface area contributed by atoms with Crippen LogP contribution in [0.3, 0.4) is 0 Å². The fourth-order valence-electron chi connectivity index (χ4n) is 6.19. The molecule has 1 unspecified atom stereocenters. The van der Waals surface area contributed by atoms with Crippen molar-refractivity contribution in [3.63, 3.8) is 0 Å². The first-order valence-electron chi connectivity index (χ1n) is 15.0. The van der Waals surface area contributed by atoms with Gasteiger partial charge in [-0.15, -0.1) is 0 Å². The highest BCUT2D eigenvalue weighted by Gasteiger charge is 2.20. The lowest BCUT2D eigenvalue weighted by Gasteiger charge is -2.11. The molecule has 0 fully saturated rings. The van der Waals surface area contributed by atoms with Crippen LogP contribution in [0.2, 0.25) is 0 Å². The number of furan rings is 2. The Kier molecular flexibility index (Phi) is 6.50. The van der Waals surface area contributed by atoms with Crippen molar-refractivity contribution in [1.29, 1.82) is 0 Å². The van der Waals surface area contributed by atoms with Gasteiger partial charge in [-0.25, -0.2) is 4.99 Å². The molecule has 0 aliphatic rings. The summed E-state index contributed by atoms with van der Waals surface area (Å²) in [6.45, 7) is 2.07. The Morgan fingerprint density at radius 2 is 1.20 bits per heavy atom. The van der Waals surface area contributed by atoms with Gasteiger partial charge in [0.2, 0.25) is 0 Å². The molecule has 0 spiro atoms. The van der Waals surface area contributed by atoms with E-state index in [1.807, 2.05) is 97.1 Å². The third kappa shape index (κ3) is 4.66. The SMILES string of the molecule is CC(/N=C(\N=C(/N)c1cccc2oc3c(-c4cccc5oc6ccccc6c45)cccc3c12)c1ccccc1)c1ccccc1. The summed E-state index contributed by atoms with van der Waals surface area (Å²) in [5.41, 5.74) is 14.9. The van der Waals surface area contributed by atoms with E-state index in [1.165, 1.54) is 0 Å². The lowest BCUT2D eigenvalue weighted by atomic mass is 9.97. The minimum atomic E-state index is -0.104. The molecular formula is C40H29N3O2. The molecule has 0 aliphatic heterocycles. The van der Waals surface area contributed by atoms with E-state index in [0.29, 0.717) is 11.7 Å². The predicted molar refractivity (Wildman–Crippen MR) is 185 cm³/mol. The zero-order chi connectivity index (χ0) is 30.3. The van der Waals surface area contributed by atoms with Gasteiger partial charge in [0.25, 0.3) is 0 Å². The molecule has 6 aromatic carbocycles. The van der Waals surface area contributed by atoms with E-state index in [4.69, 9.17) is 24.6 Å². The van der Waals surface area contributed by atoms with Gasteiger partial charge in [-0.3, -0.25) is 4.99 Å². The van der Waals surface area contributed by atoms with E-state index in [-0.39, 0.29) is 6.04 Å². The molecular weight excluding hydrogens is 554 g/mol. The Bertz CT molecular complexity index is 2400. The first-order chi connectivity index (χ1) is 22.2. The first kappa shape index (κ1) is 26.7. The average molecular weight is 584 g/mol. The predicted octanol–water partition coefficient (Wildman–Crippen LogP) is 10.1. The molecule has 2 aromatic heterocycles. The standard InChI is InChI=1S/C40H29N3O2/c1-25(26-13-4-2-5-14-26)42-40(27-15-6-3-7-16-27)43-39(41)32-21-12-24-35-37(32)31-20-10-19-29(38(31)45-35)28-18-11-23-34-36(28)30-17-8-9-22-33(30)44-34/h2-25H,1H3,(H2,41,42,43). The molecule has 1 atom stereocenters. The Morgan fingerprint density at radius 3 is 2.02 bits per heavy atom. The summed E-state index contributed by atoms with van der Waals surface area (Å²) in [6, 6.07) is 46.6. The van der Waals surface area contributed by atoms with Gasteiger partial charge in [0.05, 0.1) is 6.04 Å². The number of benzene rings is 6. The van der Waals surface area contributed by atoms with Gasteiger partial charge in [0.1, 0.15) is 28.2 Å². The third-order valence-electron chi connectivity index (χ3n) is 8.35. The maximum Gasteiger partial charge on any atom is 0.157 e. The van der Waals surface area contributed by atoms with E-state index in [2.05, 4.69) is 49.4 Å². The van der Waals surface area contributed by atoms with Gasteiger partial charge in [0, 0.05) is 38.2 Å². The summed E-state index contributed by atoms with van der Waals surface area (Å²) in [7, 11) is 0. The monoisotopic (exact) mass is 583 g/mol. The summed E-state index contributed by atoms with van der Waals surface area (Å²) in [5, 5.41) is 4.03. The highest BCUT2D eigenvalue weighted by molar-refractivity contribution is 6.23. The maximum absolute atomic E-state index is 6.85. The summed E-state index contributed by atoms with van der Waals surface area (Å²) in [4.78, 5) is 9.99. The van der Waals surface area contributed by atoms with E-state index >= 15 is 0 Å². The number of hydrogen-bond acceptors (Lipinski definition) is 3. The zero-order valence-corrected chi connectivity index (χ0v) is 24.6. The summed E-state index contributed by atoms with van der Waals surface area (Å²) < 4.78 is 12.8. The van der Waals surface area contributed by atoms with E-state index in [1.54, 1.807) is 0 Å². The molecule has 2 N–H and O–H groups in total. The first-order valence-corrected chi connectivity index (χ1v) is 15.0. The van der Waals surface area contributed by atoms with Crippen LogP contribution in [0.1, 0.15) is 29.7 Å². The van der Waals surface area contributed by atoms with Gasteiger partial charge in [0.15, 0.2) is 5.84 Å². The second-order valence-corrected chi connectivity index (χ2v) is 11.1. The number of aliphatic imine (C=N–C) groups is 2. The van der Waals surface area contributed by atoms with Crippen LogP contribution in [-0.2, 0) is 0 Å². The number of hydrogen-bond donors (Lipinski definition) is 1. The Labute approximate surface area is 260 Å². The second kappa shape index (κ2) is 11.0. The number of rotatable bonds is 5. The van der Waals surface area contributed by atoms with Gasteiger partial charge in [-0.2, -0.15) is 0 Å². The largest absolute Gasteiger partial charge is 0.456 e. The molecule has 45 heavy (non-hydrogen) atoms. The fourth-order valence-corrected chi connectivity index (χ4v) is 6.19. The van der Waals surface area contributed by atoms with Crippen molar-refractivity contribution in [2.45, 2.75) is 13.0 Å². The number of nitrogens with zero attached hydrogens (tertiary/aromatic N) is 2. The van der Waals surface area contributed by atoms with Crippen LogP contribution in [0.4, 0.5) is 0 Å². The van der Waals surface area contributed by atoms with Crippen molar-refractivity contribution in [3.05, 3.63) is 156 Å². The summed E-state index contributed by atoms with van der Waals surface area (Å²) >= 11 is 0. The van der Waals surface area contributed by atoms with E-state index in [0.717, 1.165) is 71.7 Å². The van der Waals surface area contributed by atoms with Crippen molar-refractivity contribution in [1.82, 2.24) is 0 Å². The van der Waals surface area contributed by atoms with Crippen LogP contribution in [0.25, 0.3) is 55.0 Å². The topological polar surface area (TPSA) is 77.0 Å². The van der Waals surface area contributed by atoms with E-state index in [9.17, 15) is 0 Å². The number of fused-ring (bicyclic) bond motifs is 6. The second-order valence-electron chi connectivity index (χ2n) is 11.1. The van der Waals surface area contributed by atoms with Crippen LogP contribution < -0.4 is 5.73 Å². The van der Waals surface area contributed by atoms with Crippen molar-refractivity contribution < 1.29 is 8.83 Å². The lowest BCUT2D eigenvalue weighted by molar-refractivity contribution is 0.668. The minimum Gasteiger partial charge on any atom is -0.456 e. The smallest absolute Gasteiger partial charge is 0.157 e. The van der Waals surface area contributed by atoms with Gasteiger partial charge in [-0.1, -0.05) is 121 Å². The van der Waals surface area contributed by atoms with Crippen molar-refractivity contribution in [2.24, 2.45) is 15.7 Å². The average Bonchev–Trinajstić information content (AvgIpc) is 3.67. The number of nitrogens with two attached hydrogens (primary N) is 1. The van der Waals surface area contributed by atoms with Crippen LogP contribution in [0.5, 0.6) is 0 Å². The van der Waals surface area contributed by atoms with Crippen LogP contribution >= 0.6 is 0 Å². The molecule has 8 rings (SSSR count). The molecule has 0 saturated carbocycles. The van der Waals surface area contributed by atoms with Crippen molar-refractivity contribution in [3.8, 4) is 11.1 Å². The molecule has 0 amide bonds. The van der Waals surface area contributed by atoms with Crippen molar-refractivity contribution >= 4 is 55.5 Å². The molecule has 0 saturated heterocycles. The Morgan fingerprint density at radius 1 is 0.578 bits per heavy atom. The number of para-hydroxylation sites is 2.